The van der Waals surface area contributed by atoms with E-state index in [0.717, 1.165) is 44.6 Å². The molecule has 0 unspecified atom stereocenters. The maximum Gasteiger partial charge on any atom is 0.254 e. The molecule has 0 aromatic heterocycles. The molecule has 1 aromatic rings. The van der Waals surface area contributed by atoms with Crippen molar-refractivity contribution in [2.75, 3.05) is 19.6 Å². The summed E-state index contributed by atoms with van der Waals surface area (Å²) in [5.74, 6) is 0.193. The van der Waals surface area contributed by atoms with Crippen molar-refractivity contribution < 1.29 is 4.79 Å². The van der Waals surface area contributed by atoms with Gasteiger partial charge in [-0.25, -0.2) is 0 Å². The molecule has 0 spiro atoms. The molecular formula is C15H22N2O. The quantitative estimate of drug-likeness (QED) is 0.883. The van der Waals surface area contributed by atoms with Crippen LogP contribution < -0.4 is 5.32 Å². The number of carbonyl (C=O) groups excluding carboxylic acids is 1. The second-order valence-corrected chi connectivity index (χ2v) is 4.75. The second kappa shape index (κ2) is 6.01. The molecule has 18 heavy (non-hydrogen) atoms. The molecule has 0 atom stereocenters. The molecule has 1 aromatic carbocycles. The summed E-state index contributed by atoms with van der Waals surface area (Å²) in [7, 11) is 0. The molecule has 0 saturated carbocycles. The molecule has 3 heteroatoms. The van der Waals surface area contributed by atoms with Gasteiger partial charge in [-0.3, -0.25) is 4.79 Å². The van der Waals surface area contributed by atoms with E-state index in [1.54, 1.807) is 0 Å². The number of benzene rings is 1. The van der Waals surface area contributed by atoms with Gasteiger partial charge in [0.1, 0.15) is 0 Å². The van der Waals surface area contributed by atoms with Crippen molar-refractivity contribution in [1.82, 2.24) is 10.2 Å². The minimum Gasteiger partial charge on any atom is -0.339 e. The van der Waals surface area contributed by atoms with Crippen LogP contribution in [0.4, 0.5) is 0 Å². The van der Waals surface area contributed by atoms with Gasteiger partial charge in [0.2, 0.25) is 0 Å². The summed E-state index contributed by atoms with van der Waals surface area (Å²) in [6.45, 7) is 7.64. The first-order valence-electron chi connectivity index (χ1n) is 6.88. The van der Waals surface area contributed by atoms with Crippen LogP contribution in [0, 0.1) is 0 Å². The third-order valence-electron chi connectivity index (χ3n) is 3.53. The molecule has 0 bridgehead atoms. The summed E-state index contributed by atoms with van der Waals surface area (Å²) in [5, 5.41) is 3.35. The number of fused-ring (bicyclic) bond motifs is 1. The van der Waals surface area contributed by atoms with Crippen molar-refractivity contribution in [3.63, 3.8) is 0 Å². The fourth-order valence-corrected chi connectivity index (χ4v) is 2.58. The van der Waals surface area contributed by atoms with E-state index < -0.39 is 0 Å². The summed E-state index contributed by atoms with van der Waals surface area (Å²) in [4.78, 5) is 14.5. The van der Waals surface area contributed by atoms with Gasteiger partial charge in [0.15, 0.2) is 0 Å². The van der Waals surface area contributed by atoms with Crippen molar-refractivity contribution in [3.8, 4) is 0 Å². The van der Waals surface area contributed by atoms with Crippen LogP contribution in [-0.4, -0.2) is 30.4 Å². The Morgan fingerprint density at radius 1 is 1.39 bits per heavy atom. The van der Waals surface area contributed by atoms with Crippen LogP contribution in [-0.2, 0) is 13.0 Å². The zero-order valence-electron chi connectivity index (χ0n) is 11.3. The zero-order valence-corrected chi connectivity index (χ0v) is 11.3. The van der Waals surface area contributed by atoms with Crippen LogP contribution in [0.15, 0.2) is 18.2 Å². The summed E-state index contributed by atoms with van der Waals surface area (Å²) < 4.78 is 0. The molecule has 1 aliphatic heterocycles. The molecule has 2 rings (SSSR count). The number of carbonyl (C=O) groups is 1. The molecular weight excluding hydrogens is 224 g/mol. The maximum atomic E-state index is 12.5. The van der Waals surface area contributed by atoms with E-state index in [1.165, 1.54) is 11.1 Å². The zero-order chi connectivity index (χ0) is 13.0. The Labute approximate surface area is 109 Å². The highest BCUT2D eigenvalue weighted by atomic mass is 16.2. The highest BCUT2D eigenvalue weighted by Crippen LogP contribution is 2.20. The van der Waals surface area contributed by atoms with Crippen molar-refractivity contribution in [1.29, 1.82) is 0 Å². The minimum absolute atomic E-state index is 0.193. The van der Waals surface area contributed by atoms with Gasteiger partial charge in [0.25, 0.3) is 5.91 Å². The predicted molar refractivity (Wildman–Crippen MR) is 73.7 cm³/mol. The lowest BCUT2D eigenvalue weighted by Gasteiger charge is -2.24. The van der Waals surface area contributed by atoms with Crippen LogP contribution in [0.1, 0.15) is 41.8 Å². The number of rotatable bonds is 4. The third kappa shape index (κ3) is 2.56. The Balaban J connectivity index is 2.29. The van der Waals surface area contributed by atoms with Gasteiger partial charge >= 0.3 is 0 Å². The molecule has 3 nitrogen and oxygen atoms in total. The van der Waals surface area contributed by atoms with Gasteiger partial charge < -0.3 is 10.2 Å². The van der Waals surface area contributed by atoms with E-state index in [4.69, 9.17) is 0 Å². The monoisotopic (exact) mass is 246 g/mol. The van der Waals surface area contributed by atoms with Crippen molar-refractivity contribution in [2.45, 2.75) is 33.2 Å². The topological polar surface area (TPSA) is 32.3 Å². The van der Waals surface area contributed by atoms with Gasteiger partial charge in [0.05, 0.1) is 0 Å². The van der Waals surface area contributed by atoms with Crippen LogP contribution in [0.3, 0.4) is 0 Å². The predicted octanol–water partition coefficient (Wildman–Crippen LogP) is 2.20. The SMILES string of the molecule is CCCN(CC)C(=O)c1cccc2c1CCNC2. The number of hydrogen-bond donors (Lipinski definition) is 1. The fourth-order valence-electron chi connectivity index (χ4n) is 2.58. The van der Waals surface area contributed by atoms with Crippen LogP contribution in [0.25, 0.3) is 0 Å². The molecule has 98 valence electrons. The Morgan fingerprint density at radius 3 is 2.94 bits per heavy atom. The fraction of sp³-hybridized carbons (Fsp3) is 0.533. The van der Waals surface area contributed by atoms with Crippen molar-refractivity contribution in [3.05, 3.63) is 34.9 Å². The average molecular weight is 246 g/mol. The Kier molecular flexibility index (Phi) is 4.37. The van der Waals surface area contributed by atoms with E-state index >= 15 is 0 Å². The Hall–Kier alpha value is -1.35. The summed E-state index contributed by atoms with van der Waals surface area (Å²) in [5.41, 5.74) is 3.43. The molecule has 1 amide bonds. The van der Waals surface area contributed by atoms with E-state index in [-0.39, 0.29) is 5.91 Å². The molecule has 1 heterocycles. The molecule has 1 aliphatic rings. The van der Waals surface area contributed by atoms with Crippen LogP contribution >= 0.6 is 0 Å². The van der Waals surface area contributed by atoms with Gasteiger partial charge in [0, 0.05) is 25.2 Å². The molecule has 1 N–H and O–H groups in total. The van der Waals surface area contributed by atoms with Gasteiger partial charge in [-0.05, 0) is 43.5 Å². The first-order valence-corrected chi connectivity index (χ1v) is 6.88. The van der Waals surface area contributed by atoms with Gasteiger partial charge in [-0.1, -0.05) is 19.1 Å². The van der Waals surface area contributed by atoms with Gasteiger partial charge in [-0.15, -0.1) is 0 Å². The minimum atomic E-state index is 0.193. The highest BCUT2D eigenvalue weighted by molar-refractivity contribution is 5.96. The summed E-state index contributed by atoms with van der Waals surface area (Å²) in [6.07, 6.45) is 1.97. The number of amides is 1. The van der Waals surface area contributed by atoms with Crippen LogP contribution in [0.5, 0.6) is 0 Å². The normalized spacial score (nSPS) is 14.1. The second-order valence-electron chi connectivity index (χ2n) is 4.75. The average Bonchev–Trinajstić information content (AvgIpc) is 2.43. The Bertz CT molecular complexity index is 429. The lowest BCUT2D eigenvalue weighted by Crippen LogP contribution is -2.34. The smallest absolute Gasteiger partial charge is 0.254 e. The molecule has 0 fully saturated rings. The van der Waals surface area contributed by atoms with E-state index in [2.05, 4.69) is 18.3 Å². The number of nitrogens with zero attached hydrogens (tertiary/aromatic N) is 1. The first kappa shape index (κ1) is 13.1. The Morgan fingerprint density at radius 2 is 2.22 bits per heavy atom. The molecule has 0 saturated heterocycles. The van der Waals surface area contributed by atoms with Gasteiger partial charge in [-0.2, -0.15) is 0 Å². The standard InChI is InChI=1S/C15H22N2O/c1-3-10-17(4-2)15(18)14-7-5-6-12-11-16-9-8-13(12)14/h5-7,16H,3-4,8-11H2,1-2H3. The van der Waals surface area contributed by atoms with Crippen LogP contribution in [0.2, 0.25) is 0 Å². The highest BCUT2D eigenvalue weighted by Gasteiger charge is 2.20. The van der Waals surface area contributed by atoms with E-state index in [1.807, 2.05) is 24.0 Å². The molecule has 0 aliphatic carbocycles. The molecule has 0 radical (unpaired) electrons. The largest absolute Gasteiger partial charge is 0.339 e. The number of nitrogens with one attached hydrogen (secondary N) is 1. The summed E-state index contributed by atoms with van der Waals surface area (Å²) in [6, 6.07) is 6.10. The lowest BCUT2D eigenvalue weighted by atomic mass is 9.94. The lowest BCUT2D eigenvalue weighted by molar-refractivity contribution is 0.0763. The summed E-state index contributed by atoms with van der Waals surface area (Å²) >= 11 is 0. The van der Waals surface area contributed by atoms with Crippen molar-refractivity contribution >= 4 is 5.91 Å². The van der Waals surface area contributed by atoms with E-state index in [0.29, 0.717) is 0 Å². The van der Waals surface area contributed by atoms with E-state index in [9.17, 15) is 4.79 Å². The third-order valence-corrected chi connectivity index (χ3v) is 3.53. The van der Waals surface area contributed by atoms with Crippen molar-refractivity contribution in [2.24, 2.45) is 0 Å². The maximum absolute atomic E-state index is 12.5. The first-order chi connectivity index (χ1) is 8.77. The number of hydrogen-bond acceptors (Lipinski definition) is 2.